The quantitative estimate of drug-likeness (QED) is 0.614. The second-order valence-electron chi connectivity index (χ2n) is 6.66. The molecule has 3 aromatic rings. The summed E-state index contributed by atoms with van der Waals surface area (Å²) in [4.78, 5) is 31.9. The lowest BCUT2D eigenvalue weighted by Crippen LogP contribution is -2.50. The number of hydrogen-bond donors (Lipinski definition) is 1. The number of likely N-dealkylation sites (tertiary alicyclic amines) is 1. The van der Waals surface area contributed by atoms with Crippen molar-refractivity contribution in [3.63, 3.8) is 0 Å². The maximum absolute atomic E-state index is 13.1. The highest BCUT2D eigenvalue weighted by Crippen LogP contribution is 2.27. The van der Waals surface area contributed by atoms with Gasteiger partial charge in [0, 0.05) is 17.8 Å². The number of halogens is 2. The number of thiazole rings is 1. The summed E-state index contributed by atoms with van der Waals surface area (Å²) >= 11 is 13.5. The Bertz CT molecular complexity index is 1050. The number of aromatic nitrogens is 1. The SMILES string of the molecule is O=C(Nc1ccc(Cl)c(Cl)c1)C1CCCCN1C(=O)c1ccc2ncsc2c1. The Morgan fingerprint density at radius 2 is 1.96 bits per heavy atom. The minimum absolute atomic E-state index is 0.135. The molecule has 0 spiro atoms. The number of carbonyl (C=O) groups excluding carboxylic acids is 2. The zero-order valence-electron chi connectivity index (χ0n) is 14.8. The van der Waals surface area contributed by atoms with E-state index in [1.807, 2.05) is 12.1 Å². The lowest BCUT2D eigenvalue weighted by atomic mass is 9.99. The first-order chi connectivity index (χ1) is 13.5. The number of fused-ring (bicyclic) bond motifs is 1. The molecule has 2 aromatic carbocycles. The first kappa shape index (κ1) is 19.2. The lowest BCUT2D eigenvalue weighted by Gasteiger charge is -2.34. The third-order valence-electron chi connectivity index (χ3n) is 4.83. The van der Waals surface area contributed by atoms with Gasteiger partial charge in [-0.3, -0.25) is 9.59 Å². The van der Waals surface area contributed by atoms with Crippen LogP contribution >= 0.6 is 34.5 Å². The Hall–Kier alpha value is -2.15. The van der Waals surface area contributed by atoms with E-state index in [1.165, 1.54) is 11.3 Å². The predicted octanol–water partition coefficient (Wildman–Crippen LogP) is 5.24. The van der Waals surface area contributed by atoms with E-state index < -0.39 is 6.04 Å². The summed E-state index contributed by atoms with van der Waals surface area (Å²) in [6, 6.07) is 9.87. The van der Waals surface area contributed by atoms with Crippen molar-refractivity contribution in [2.24, 2.45) is 0 Å². The molecule has 2 heterocycles. The Morgan fingerprint density at radius 1 is 1.11 bits per heavy atom. The van der Waals surface area contributed by atoms with Crippen molar-refractivity contribution in [2.75, 3.05) is 11.9 Å². The van der Waals surface area contributed by atoms with Crippen LogP contribution in [-0.2, 0) is 4.79 Å². The number of hydrogen-bond acceptors (Lipinski definition) is 4. The van der Waals surface area contributed by atoms with Crippen LogP contribution < -0.4 is 5.32 Å². The molecule has 1 saturated heterocycles. The van der Waals surface area contributed by atoms with Gasteiger partial charge in [-0.1, -0.05) is 23.2 Å². The number of anilines is 1. The minimum atomic E-state index is -0.520. The third-order valence-corrected chi connectivity index (χ3v) is 6.36. The van der Waals surface area contributed by atoms with Crippen LogP contribution in [0.15, 0.2) is 41.9 Å². The number of carbonyl (C=O) groups is 2. The second kappa shape index (κ2) is 8.07. The van der Waals surface area contributed by atoms with E-state index >= 15 is 0 Å². The number of nitrogens with zero attached hydrogens (tertiary/aromatic N) is 2. The van der Waals surface area contributed by atoms with E-state index in [1.54, 1.807) is 34.7 Å². The fraction of sp³-hybridized carbons (Fsp3) is 0.250. The molecule has 1 N–H and O–H groups in total. The zero-order valence-corrected chi connectivity index (χ0v) is 17.2. The maximum Gasteiger partial charge on any atom is 0.254 e. The van der Waals surface area contributed by atoms with Crippen molar-refractivity contribution in [1.29, 1.82) is 0 Å². The molecule has 1 aliphatic rings. The van der Waals surface area contributed by atoms with Gasteiger partial charge in [0.1, 0.15) is 6.04 Å². The van der Waals surface area contributed by atoms with Gasteiger partial charge in [0.05, 0.1) is 25.8 Å². The highest BCUT2D eigenvalue weighted by atomic mass is 35.5. The molecule has 144 valence electrons. The summed E-state index contributed by atoms with van der Waals surface area (Å²) < 4.78 is 0.958. The van der Waals surface area contributed by atoms with Crippen molar-refractivity contribution < 1.29 is 9.59 Å². The molecule has 28 heavy (non-hydrogen) atoms. The van der Waals surface area contributed by atoms with Crippen LogP contribution in [0, 0.1) is 0 Å². The van der Waals surface area contributed by atoms with Crippen molar-refractivity contribution in [3.05, 3.63) is 57.5 Å². The topological polar surface area (TPSA) is 62.3 Å². The van der Waals surface area contributed by atoms with E-state index in [2.05, 4.69) is 10.3 Å². The van der Waals surface area contributed by atoms with Gasteiger partial charge in [-0.15, -0.1) is 11.3 Å². The number of nitrogens with one attached hydrogen (secondary N) is 1. The zero-order chi connectivity index (χ0) is 19.7. The average Bonchev–Trinajstić information content (AvgIpc) is 3.18. The Balaban J connectivity index is 1.55. The predicted molar refractivity (Wildman–Crippen MR) is 113 cm³/mol. The van der Waals surface area contributed by atoms with Crippen LogP contribution in [-0.4, -0.2) is 34.3 Å². The van der Waals surface area contributed by atoms with E-state index in [0.29, 0.717) is 34.3 Å². The van der Waals surface area contributed by atoms with Crippen molar-refractivity contribution >= 4 is 62.3 Å². The summed E-state index contributed by atoms with van der Waals surface area (Å²) in [5.74, 6) is -0.352. The fourth-order valence-corrected chi connectivity index (χ4v) is 4.42. The summed E-state index contributed by atoms with van der Waals surface area (Å²) in [7, 11) is 0. The van der Waals surface area contributed by atoms with Crippen LogP contribution in [0.4, 0.5) is 5.69 Å². The van der Waals surface area contributed by atoms with Crippen LogP contribution in [0.2, 0.25) is 10.0 Å². The molecule has 4 rings (SSSR count). The van der Waals surface area contributed by atoms with Crippen LogP contribution in [0.3, 0.4) is 0 Å². The van der Waals surface area contributed by atoms with E-state index in [0.717, 1.165) is 23.1 Å². The van der Waals surface area contributed by atoms with Gasteiger partial charge in [0.25, 0.3) is 5.91 Å². The van der Waals surface area contributed by atoms with E-state index in [9.17, 15) is 9.59 Å². The highest BCUT2D eigenvalue weighted by molar-refractivity contribution is 7.16. The first-order valence-corrected chi connectivity index (χ1v) is 10.6. The highest BCUT2D eigenvalue weighted by Gasteiger charge is 2.32. The molecule has 1 aliphatic heterocycles. The molecule has 2 amide bonds. The Labute approximate surface area is 176 Å². The normalized spacial score (nSPS) is 16.9. The Morgan fingerprint density at radius 3 is 2.79 bits per heavy atom. The van der Waals surface area contributed by atoms with Gasteiger partial charge < -0.3 is 10.2 Å². The van der Waals surface area contributed by atoms with E-state index in [-0.39, 0.29) is 11.8 Å². The van der Waals surface area contributed by atoms with Gasteiger partial charge in [-0.05, 0) is 55.7 Å². The average molecular weight is 434 g/mol. The van der Waals surface area contributed by atoms with Crippen molar-refractivity contribution in [3.8, 4) is 0 Å². The van der Waals surface area contributed by atoms with Gasteiger partial charge in [-0.2, -0.15) is 0 Å². The monoisotopic (exact) mass is 433 g/mol. The molecule has 0 bridgehead atoms. The molecular weight excluding hydrogens is 417 g/mol. The molecular formula is C20H17Cl2N3O2S. The molecule has 0 aliphatic carbocycles. The number of amides is 2. The molecule has 0 saturated carbocycles. The van der Waals surface area contributed by atoms with Crippen LogP contribution in [0.1, 0.15) is 29.6 Å². The summed E-state index contributed by atoms with van der Waals surface area (Å²) in [6.07, 6.45) is 2.41. The molecule has 1 fully saturated rings. The molecule has 1 unspecified atom stereocenters. The van der Waals surface area contributed by atoms with Gasteiger partial charge >= 0.3 is 0 Å². The van der Waals surface area contributed by atoms with Gasteiger partial charge in [0.2, 0.25) is 5.91 Å². The van der Waals surface area contributed by atoms with Crippen LogP contribution in [0.5, 0.6) is 0 Å². The maximum atomic E-state index is 13.1. The summed E-state index contributed by atoms with van der Waals surface area (Å²) in [6.45, 7) is 0.555. The number of rotatable bonds is 3. The number of piperidine rings is 1. The summed E-state index contributed by atoms with van der Waals surface area (Å²) in [5.41, 5.74) is 3.76. The fourth-order valence-electron chi connectivity index (χ4n) is 3.40. The lowest BCUT2D eigenvalue weighted by molar-refractivity contribution is -0.121. The molecule has 1 aromatic heterocycles. The van der Waals surface area contributed by atoms with Crippen LogP contribution in [0.25, 0.3) is 10.2 Å². The van der Waals surface area contributed by atoms with Gasteiger partial charge in [-0.25, -0.2) is 4.98 Å². The standard InChI is InChI=1S/C20H17Cl2N3O2S/c21-14-6-5-13(10-15(14)22)24-19(26)17-3-1-2-8-25(17)20(27)12-4-7-16-18(9-12)28-11-23-16/h4-7,9-11,17H,1-3,8H2,(H,24,26). The third kappa shape index (κ3) is 3.85. The number of benzene rings is 2. The van der Waals surface area contributed by atoms with Crippen molar-refractivity contribution in [2.45, 2.75) is 25.3 Å². The van der Waals surface area contributed by atoms with E-state index in [4.69, 9.17) is 23.2 Å². The largest absolute Gasteiger partial charge is 0.327 e. The molecule has 5 nitrogen and oxygen atoms in total. The van der Waals surface area contributed by atoms with Crippen molar-refractivity contribution in [1.82, 2.24) is 9.88 Å². The Kier molecular flexibility index (Phi) is 5.53. The van der Waals surface area contributed by atoms with Gasteiger partial charge in [0.15, 0.2) is 0 Å². The molecule has 1 atom stereocenters. The smallest absolute Gasteiger partial charge is 0.254 e. The first-order valence-electron chi connectivity index (χ1n) is 8.93. The second-order valence-corrected chi connectivity index (χ2v) is 8.36. The molecule has 0 radical (unpaired) electrons. The summed E-state index contributed by atoms with van der Waals surface area (Å²) in [5, 5.41) is 3.65. The minimum Gasteiger partial charge on any atom is -0.327 e. The molecule has 8 heteroatoms.